The topological polar surface area (TPSA) is 98.8 Å². The maximum absolute atomic E-state index is 11.3. The summed E-state index contributed by atoms with van der Waals surface area (Å²) in [5.74, 6) is 0. The van der Waals surface area contributed by atoms with Crippen molar-refractivity contribution in [2.45, 2.75) is 13.8 Å². The Bertz CT molecular complexity index is 567. The molecule has 0 unspecified atom stereocenters. The van der Waals surface area contributed by atoms with Crippen LogP contribution in [0.25, 0.3) is 0 Å². The van der Waals surface area contributed by atoms with Crippen LogP contribution in [0.3, 0.4) is 0 Å². The van der Waals surface area contributed by atoms with Crippen molar-refractivity contribution < 1.29 is 14.6 Å². The third-order valence-corrected chi connectivity index (χ3v) is 3.47. The van der Waals surface area contributed by atoms with Gasteiger partial charge in [-0.25, -0.2) is 0 Å². The van der Waals surface area contributed by atoms with Crippen molar-refractivity contribution in [3.63, 3.8) is 0 Å². The van der Waals surface area contributed by atoms with Crippen molar-refractivity contribution in [2.24, 2.45) is 0 Å². The van der Waals surface area contributed by atoms with Gasteiger partial charge in [0.05, 0.1) is 23.1 Å². The molecule has 0 bridgehead atoms. The Morgan fingerprint density at radius 2 is 1.75 bits per heavy atom. The van der Waals surface area contributed by atoms with Crippen molar-refractivity contribution >= 4 is 17.1 Å². The fraction of sp³-hybridized carbons (Fsp3) is 0.500. The molecular formula is C12H15N3O5. The zero-order chi connectivity index (χ0) is 14.9. The molecule has 2 rings (SSSR count). The Morgan fingerprint density at radius 3 is 2.25 bits per heavy atom. The number of nitrogens with zero attached hydrogens (tertiary/aromatic N) is 3. The summed E-state index contributed by atoms with van der Waals surface area (Å²) in [6.07, 6.45) is 0. The molecule has 0 radical (unpaired) electrons. The molecule has 1 aliphatic rings. The fourth-order valence-electron chi connectivity index (χ4n) is 2.33. The summed E-state index contributed by atoms with van der Waals surface area (Å²) >= 11 is 0. The highest BCUT2D eigenvalue weighted by atomic mass is 16.6. The Labute approximate surface area is 115 Å². The van der Waals surface area contributed by atoms with Crippen LogP contribution in [0.15, 0.2) is 6.07 Å². The summed E-state index contributed by atoms with van der Waals surface area (Å²) in [5, 5.41) is 22.6. The van der Waals surface area contributed by atoms with Gasteiger partial charge < -0.3 is 9.64 Å². The lowest BCUT2D eigenvalue weighted by atomic mass is 10.0. The number of morpholine rings is 1. The number of rotatable bonds is 3. The average Bonchev–Trinajstić information content (AvgIpc) is 2.41. The van der Waals surface area contributed by atoms with Crippen molar-refractivity contribution in [2.75, 3.05) is 31.2 Å². The van der Waals surface area contributed by atoms with Gasteiger partial charge in [0, 0.05) is 24.7 Å². The highest BCUT2D eigenvalue weighted by molar-refractivity contribution is 5.79. The van der Waals surface area contributed by atoms with Crippen LogP contribution in [0.4, 0.5) is 17.1 Å². The predicted molar refractivity (Wildman–Crippen MR) is 72.3 cm³/mol. The van der Waals surface area contributed by atoms with Crippen molar-refractivity contribution in [3.8, 4) is 0 Å². The third-order valence-electron chi connectivity index (χ3n) is 3.47. The van der Waals surface area contributed by atoms with E-state index in [9.17, 15) is 20.2 Å². The van der Waals surface area contributed by atoms with E-state index in [0.29, 0.717) is 37.4 Å². The summed E-state index contributed by atoms with van der Waals surface area (Å²) < 4.78 is 5.19. The van der Waals surface area contributed by atoms with E-state index in [-0.39, 0.29) is 17.1 Å². The molecular weight excluding hydrogens is 266 g/mol. The van der Waals surface area contributed by atoms with Crippen molar-refractivity contribution in [1.29, 1.82) is 0 Å². The molecule has 0 spiro atoms. The Hall–Kier alpha value is -2.22. The summed E-state index contributed by atoms with van der Waals surface area (Å²) in [5.41, 5.74) is 0.689. The molecule has 1 aromatic carbocycles. The van der Waals surface area contributed by atoms with Crippen LogP contribution in [0.2, 0.25) is 0 Å². The molecule has 0 aliphatic carbocycles. The Kier molecular flexibility index (Phi) is 3.84. The second-order valence-electron chi connectivity index (χ2n) is 4.65. The second kappa shape index (κ2) is 5.41. The number of ether oxygens (including phenoxy) is 1. The first kappa shape index (κ1) is 14.2. The lowest BCUT2D eigenvalue weighted by Crippen LogP contribution is -2.37. The van der Waals surface area contributed by atoms with Gasteiger partial charge >= 0.3 is 5.69 Å². The van der Waals surface area contributed by atoms with E-state index in [4.69, 9.17) is 4.74 Å². The first-order chi connectivity index (χ1) is 9.43. The molecule has 0 amide bonds. The maximum Gasteiger partial charge on any atom is 0.302 e. The van der Waals surface area contributed by atoms with Gasteiger partial charge in [-0.05, 0) is 19.4 Å². The van der Waals surface area contributed by atoms with Gasteiger partial charge in [0.15, 0.2) is 5.69 Å². The monoisotopic (exact) mass is 281 g/mol. The number of nitro groups is 2. The van der Waals surface area contributed by atoms with E-state index in [2.05, 4.69) is 0 Å². The molecule has 1 aromatic rings. The van der Waals surface area contributed by atoms with Crippen LogP contribution in [0.1, 0.15) is 11.1 Å². The summed E-state index contributed by atoms with van der Waals surface area (Å²) in [6, 6.07) is 1.40. The van der Waals surface area contributed by atoms with E-state index < -0.39 is 9.85 Å². The Morgan fingerprint density at radius 1 is 1.15 bits per heavy atom. The SMILES string of the molecule is Cc1cc([N+](=O)[O-])c(N2CCOCC2)c([N+](=O)[O-])c1C. The van der Waals surface area contributed by atoms with Gasteiger partial charge in [-0.3, -0.25) is 20.2 Å². The van der Waals surface area contributed by atoms with Crippen LogP contribution >= 0.6 is 0 Å². The number of hydrogen-bond acceptors (Lipinski definition) is 6. The van der Waals surface area contributed by atoms with Gasteiger partial charge in [0.1, 0.15) is 0 Å². The number of nitro benzene ring substituents is 2. The van der Waals surface area contributed by atoms with Gasteiger partial charge in [-0.1, -0.05) is 0 Å². The molecule has 108 valence electrons. The normalized spacial score (nSPS) is 15.2. The van der Waals surface area contributed by atoms with E-state index in [1.54, 1.807) is 18.7 Å². The second-order valence-corrected chi connectivity index (χ2v) is 4.65. The molecule has 0 saturated carbocycles. The van der Waals surface area contributed by atoms with E-state index >= 15 is 0 Å². The zero-order valence-corrected chi connectivity index (χ0v) is 11.3. The summed E-state index contributed by atoms with van der Waals surface area (Å²) in [6.45, 7) is 4.87. The molecule has 1 saturated heterocycles. The lowest BCUT2D eigenvalue weighted by Gasteiger charge is -2.28. The van der Waals surface area contributed by atoms with Crippen LogP contribution in [0.5, 0.6) is 0 Å². The summed E-state index contributed by atoms with van der Waals surface area (Å²) in [7, 11) is 0. The molecule has 1 fully saturated rings. The number of aryl methyl sites for hydroxylation is 1. The number of anilines is 1. The number of hydrogen-bond donors (Lipinski definition) is 0. The minimum Gasteiger partial charge on any atom is -0.378 e. The predicted octanol–water partition coefficient (Wildman–Crippen LogP) is 1.96. The van der Waals surface area contributed by atoms with Crippen LogP contribution in [-0.4, -0.2) is 36.1 Å². The zero-order valence-electron chi connectivity index (χ0n) is 11.3. The van der Waals surface area contributed by atoms with Crippen LogP contribution in [-0.2, 0) is 4.74 Å². The number of benzene rings is 1. The molecule has 0 atom stereocenters. The van der Waals surface area contributed by atoms with Crippen LogP contribution < -0.4 is 4.90 Å². The molecule has 20 heavy (non-hydrogen) atoms. The van der Waals surface area contributed by atoms with E-state index in [1.807, 2.05) is 0 Å². The largest absolute Gasteiger partial charge is 0.378 e. The van der Waals surface area contributed by atoms with Crippen molar-refractivity contribution in [1.82, 2.24) is 0 Å². The van der Waals surface area contributed by atoms with Crippen molar-refractivity contribution in [3.05, 3.63) is 37.4 Å². The van der Waals surface area contributed by atoms with Gasteiger partial charge in [0.2, 0.25) is 0 Å². The first-order valence-corrected chi connectivity index (χ1v) is 6.19. The first-order valence-electron chi connectivity index (χ1n) is 6.19. The van der Waals surface area contributed by atoms with Crippen LogP contribution in [0, 0.1) is 34.1 Å². The van der Waals surface area contributed by atoms with Gasteiger partial charge in [-0.15, -0.1) is 0 Å². The van der Waals surface area contributed by atoms with E-state index in [1.165, 1.54) is 6.07 Å². The average molecular weight is 281 g/mol. The standard InChI is InChI=1S/C12H15N3O5/c1-8-7-10(14(16)17)12(11(9(8)2)15(18)19)13-3-5-20-6-4-13/h7H,3-6H2,1-2H3. The highest BCUT2D eigenvalue weighted by Gasteiger charge is 2.33. The summed E-state index contributed by atoms with van der Waals surface area (Å²) in [4.78, 5) is 23.1. The quantitative estimate of drug-likeness (QED) is 0.620. The third kappa shape index (κ3) is 2.42. The molecule has 8 nitrogen and oxygen atoms in total. The Balaban J connectivity index is 2.69. The molecule has 0 N–H and O–H groups in total. The molecule has 8 heteroatoms. The smallest absolute Gasteiger partial charge is 0.302 e. The molecule has 1 aliphatic heterocycles. The lowest BCUT2D eigenvalue weighted by molar-refractivity contribution is -0.393. The maximum atomic E-state index is 11.3. The minimum absolute atomic E-state index is 0.0893. The fourth-order valence-corrected chi connectivity index (χ4v) is 2.33. The van der Waals surface area contributed by atoms with Gasteiger partial charge in [0.25, 0.3) is 5.69 Å². The minimum atomic E-state index is -0.565. The van der Waals surface area contributed by atoms with E-state index in [0.717, 1.165) is 0 Å². The highest BCUT2D eigenvalue weighted by Crippen LogP contribution is 2.41. The molecule has 1 heterocycles. The van der Waals surface area contributed by atoms with Gasteiger partial charge in [-0.2, -0.15) is 0 Å². The molecule has 0 aromatic heterocycles.